The Balaban J connectivity index is 2.40. The zero-order valence-corrected chi connectivity index (χ0v) is 13.6. The molecular weight excluding hydrogens is 317 g/mol. The molecule has 0 bridgehead atoms. The average Bonchev–Trinajstić information content (AvgIpc) is 2.51. The third-order valence-corrected chi connectivity index (χ3v) is 4.78. The normalized spacial score (nSPS) is 19.4. The predicted octanol–water partition coefficient (Wildman–Crippen LogP) is 4.70. The van der Waals surface area contributed by atoms with Gasteiger partial charge in [0.1, 0.15) is 11.5 Å². The molecule has 0 saturated heterocycles. The molecule has 0 saturated carbocycles. The van der Waals surface area contributed by atoms with Gasteiger partial charge >= 0.3 is 0 Å². The van der Waals surface area contributed by atoms with Crippen LogP contribution < -0.4 is 10.9 Å². The van der Waals surface area contributed by atoms with Crippen LogP contribution in [0.1, 0.15) is 44.2 Å². The number of nitrogens with one attached hydrogen (secondary N) is 2. The Hall–Kier alpha value is -2.24. The molecule has 1 atom stereocenters. The number of hydrogen-bond donors (Lipinski definition) is 2. The molecule has 128 valence electrons. The number of halogens is 3. The minimum atomic E-state index is -3.17. The maximum absolute atomic E-state index is 14.9. The molecule has 0 radical (unpaired) electrons. The molecule has 6 heteroatoms. The summed E-state index contributed by atoms with van der Waals surface area (Å²) in [6.07, 6.45) is 2.74. The van der Waals surface area contributed by atoms with Crippen molar-refractivity contribution in [2.45, 2.75) is 44.4 Å². The van der Waals surface area contributed by atoms with E-state index in [-0.39, 0.29) is 23.2 Å². The molecule has 2 heterocycles. The molecule has 0 spiro atoms. The van der Waals surface area contributed by atoms with Gasteiger partial charge in [0.2, 0.25) is 0 Å². The minimum Gasteiger partial charge on any atom is -0.351 e. The van der Waals surface area contributed by atoms with Crippen molar-refractivity contribution in [2.75, 3.05) is 5.32 Å². The largest absolute Gasteiger partial charge is 0.351 e. The highest BCUT2D eigenvalue weighted by molar-refractivity contribution is 5.76. The molecule has 0 aliphatic carbocycles. The van der Waals surface area contributed by atoms with E-state index in [1.807, 2.05) is 6.92 Å². The Kier molecular flexibility index (Phi) is 3.94. The van der Waals surface area contributed by atoms with Gasteiger partial charge in [-0.25, -0.2) is 13.2 Å². The molecule has 3 rings (SSSR count). The van der Waals surface area contributed by atoms with Gasteiger partial charge in [-0.3, -0.25) is 4.79 Å². The van der Waals surface area contributed by atoms with Crippen LogP contribution in [0.25, 0.3) is 0 Å². The maximum Gasteiger partial charge on any atom is 0.271 e. The molecule has 1 aliphatic heterocycles. The van der Waals surface area contributed by atoms with Crippen LogP contribution in [0.3, 0.4) is 0 Å². The smallest absolute Gasteiger partial charge is 0.271 e. The van der Waals surface area contributed by atoms with Crippen molar-refractivity contribution in [1.82, 2.24) is 4.98 Å². The fraction of sp³-hybridized carbons (Fsp3) is 0.389. The first kappa shape index (κ1) is 16.6. The van der Waals surface area contributed by atoms with Crippen LogP contribution in [0.15, 0.2) is 35.3 Å². The second-order valence-corrected chi connectivity index (χ2v) is 6.31. The van der Waals surface area contributed by atoms with Gasteiger partial charge in [-0.05, 0) is 41.8 Å². The zero-order chi connectivity index (χ0) is 17.5. The third-order valence-electron chi connectivity index (χ3n) is 4.78. The number of benzene rings is 1. The molecule has 3 nitrogen and oxygen atoms in total. The highest BCUT2D eigenvalue weighted by Gasteiger charge is 2.56. The first-order chi connectivity index (χ1) is 11.3. The highest BCUT2D eigenvalue weighted by Crippen LogP contribution is 2.55. The molecule has 1 aromatic heterocycles. The van der Waals surface area contributed by atoms with E-state index < -0.39 is 22.7 Å². The molecule has 2 N–H and O–H groups in total. The maximum atomic E-state index is 14.9. The van der Waals surface area contributed by atoms with Gasteiger partial charge < -0.3 is 10.3 Å². The van der Waals surface area contributed by atoms with Crippen molar-refractivity contribution in [3.8, 4) is 0 Å². The fourth-order valence-electron chi connectivity index (χ4n) is 3.62. The van der Waals surface area contributed by atoms with Crippen molar-refractivity contribution in [1.29, 1.82) is 0 Å². The second-order valence-electron chi connectivity index (χ2n) is 6.31. The molecule has 24 heavy (non-hydrogen) atoms. The van der Waals surface area contributed by atoms with E-state index in [1.54, 1.807) is 0 Å². The summed E-state index contributed by atoms with van der Waals surface area (Å²) in [6.45, 7) is 2.75. The average molecular weight is 336 g/mol. The molecular formula is C18H19F3N2O. The van der Waals surface area contributed by atoms with Crippen LogP contribution in [0, 0.1) is 5.82 Å². The van der Waals surface area contributed by atoms with Gasteiger partial charge in [-0.15, -0.1) is 0 Å². The summed E-state index contributed by atoms with van der Waals surface area (Å²) in [4.78, 5) is 14.7. The molecule has 1 unspecified atom stereocenters. The van der Waals surface area contributed by atoms with E-state index in [1.165, 1.54) is 24.4 Å². The van der Waals surface area contributed by atoms with Crippen LogP contribution in [0.4, 0.5) is 24.5 Å². The van der Waals surface area contributed by atoms with E-state index in [9.17, 15) is 18.0 Å². The molecule has 0 amide bonds. The number of aromatic amines is 1. The Bertz CT molecular complexity index is 826. The van der Waals surface area contributed by atoms with E-state index >= 15 is 0 Å². The Labute approximate surface area is 137 Å². The number of aromatic nitrogens is 1. The number of rotatable bonds is 4. The van der Waals surface area contributed by atoms with E-state index in [2.05, 4.69) is 10.3 Å². The lowest BCUT2D eigenvalue weighted by atomic mass is 9.64. The first-order valence-electron chi connectivity index (χ1n) is 7.98. The highest BCUT2D eigenvalue weighted by atomic mass is 19.3. The number of hydrogen-bond acceptors (Lipinski definition) is 2. The topological polar surface area (TPSA) is 44.9 Å². The SMILES string of the molecule is CCCCC1(C(C)(F)F)c2cc(F)ccc2Nc2c1cc[nH]c2=O. The summed E-state index contributed by atoms with van der Waals surface area (Å²) in [5.41, 5.74) is -1.35. The van der Waals surface area contributed by atoms with Gasteiger partial charge in [0.15, 0.2) is 0 Å². The fourth-order valence-corrected chi connectivity index (χ4v) is 3.62. The lowest BCUT2D eigenvalue weighted by Crippen LogP contribution is -2.48. The number of pyridine rings is 1. The Morgan fingerprint density at radius 3 is 2.62 bits per heavy atom. The Morgan fingerprint density at radius 1 is 1.21 bits per heavy atom. The van der Waals surface area contributed by atoms with Crippen molar-refractivity contribution in [3.63, 3.8) is 0 Å². The molecule has 1 aliphatic rings. The van der Waals surface area contributed by atoms with Crippen LogP contribution in [-0.2, 0) is 5.41 Å². The van der Waals surface area contributed by atoms with E-state index in [0.29, 0.717) is 18.5 Å². The number of H-pyrrole nitrogens is 1. The number of unbranched alkanes of at least 4 members (excludes halogenated alkanes) is 1. The van der Waals surface area contributed by atoms with Crippen LogP contribution in [0.5, 0.6) is 0 Å². The quantitative estimate of drug-likeness (QED) is 0.850. The molecule has 2 aromatic rings. The van der Waals surface area contributed by atoms with Crippen molar-refractivity contribution in [2.24, 2.45) is 0 Å². The van der Waals surface area contributed by atoms with Crippen LogP contribution in [0.2, 0.25) is 0 Å². The zero-order valence-electron chi connectivity index (χ0n) is 13.6. The van der Waals surface area contributed by atoms with E-state index in [4.69, 9.17) is 0 Å². The van der Waals surface area contributed by atoms with Gasteiger partial charge in [-0.1, -0.05) is 19.8 Å². The Morgan fingerprint density at radius 2 is 1.96 bits per heavy atom. The van der Waals surface area contributed by atoms with Crippen LogP contribution >= 0.6 is 0 Å². The lowest BCUT2D eigenvalue weighted by Gasteiger charge is -2.44. The minimum absolute atomic E-state index is 0.106. The third kappa shape index (κ3) is 2.32. The molecule has 1 aromatic carbocycles. The second kappa shape index (κ2) is 5.69. The number of alkyl halides is 2. The van der Waals surface area contributed by atoms with Crippen molar-refractivity contribution >= 4 is 11.4 Å². The van der Waals surface area contributed by atoms with Gasteiger partial charge in [0.05, 0.1) is 5.41 Å². The van der Waals surface area contributed by atoms with Crippen molar-refractivity contribution in [3.05, 3.63) is 57.8 Å². The van der Waals surface area contributed by atoms with Crippen molar-refractivity contribution < 1.29 is 13.2 Å². The summed E-state index contributed by atoms with van der Waals surface area (Å²) in [5.74, 6) is -3.75. The predicted molar refractivity (Wildman–Crippen MR) is 87.7 cm³/mol. The number of anilines is 2. The summed E-state index contributed by atoms with van der Waals surface area (Å²) in [5, 5.41) is 2.90. The summed E-state index contributed by atoms with van der Waals surface area (Å²) >= 11 is 0. The van der Waals surface area contributed by atoms with Gasteiger partial charge in [0.25, 0.3) is 11.5 Å². The van der Waals surface area contributed by atoms with Crippen LogP contribution in [-0.4, -0.2) is 10.9 Å². The number of fused-ring (bicyclic) bond motifs is 2. The summed E-state index contributed by atoms with van der Waals surface area (Å²) in [6, 6.07) is 5.25. The summed E-state index contributed by atoms with van der Waals surface area (Å²) < 4.78 is 43.8. The first-order valence-corrected chi connectivity index (χ1v) is 7.98. The standard InChI is InChI=1S/C18H19F3N2O/c1-3-4-8-18(17(2,20)21)12-7-9-22-16(24)15(12)23-14-6-5-11(19)10-13(14)18/h5-7,9-10,23H,3-4,8H2,1-2H3,(H,22,24). The lowest BCUT2D eigenvalue weighted by molar-refractivity contribution is -0.0489. The molecule has 0 fully saturated rings. The van der Waals surface area contributed by atoms with E-state index in [0.717, 1.165) is 13.0 Å². The van der Waals surface area contributed by atoms with Gasteiger partial charge in [0, 0.05) is 18.8 Å². The monoisotopic (exact) mass is 336 g/mol. The van der Waals surface area contributed by atoms with Gasteiger partial charge in [-0.2, -0.15) is 0 Å². The summed E-state index contributed by atoms with van der Waals surface area (Å²) in [7, 11) is 0.